The zero-order valence-corrected chi connectivity index (χ0v) is 17.6. The monoisotopic (exact) mass is 475 g/mol. The van der Waals surface area contributed by atoms with E-state index in [1.54, 1.807) is 18.0 Å². The fraction of sp³-hybridized carbons (Fsp3) is 0.500. The lowest BCUT2D eigenvalue weighted by Gasteiger charge is -2.12. The van der Waals surface area contributed by atoms with Crippen molar-refractivity contribution in [3.63, 3.8) is 0 Å². The van der Waals surface area contributed by atoms with E-state index in [0.29, 0.717) is 38.1 Å². The van der Waals surface area contributed by atoms with E-state index < -0.39 is 0 Å². The molecular weight excluding hydrogens is 449 g/mol. The maximum atomic E-state index is 5.64. The summed E-state index contributed by atoms with van der Waals surface area (Å²) in [5.41, 5.74) is 0.912. The molecule has 0 radical (unpaired) electrons. The van der Waals surface area contributed by atoms with Crippen LogP contribution in [0.1, 0.15) is 18.3 Å². The fourth-order valence-electron chi connectivity index (χ4n) is 2.05. The summed E-state index contributed by atoms with van der Waals surface area (Å²) >= 11 is 0. The van der Waals surface area contributed by atoms with E-state index in [1.807, 2.05) is 26.1 Å². The lowest BCUT2D eigenvalue weighted by atomic mass is 10.3. The molecule has 0 aromatic carbocycles. The van der Waals surface area contributed by atoms with Gasteiger partial charge in [0.1, 0.15) is 18.8 Å². The zero-order valence-electron chi connectivity index (χ0n) is 15.3. The highest BCUT2D eigenvalue weighted by Gasteiger charge is 2.06. The SMILES string of the molecule is CCNC(=NCc1cccnc1OCCOC)NCc1ncnn1C.I. The molecule has 144 valence electrons. The van der Waals surface area contributed by atoms with Crippen LogP contribution in [0.2, 0.25) is 0 Å². The highest BCUT2D eigenvalue weighted by molar-refractivity contribution is 14.0. The average molecular weight is 475 g/mol. The van der Waals surface area contributed by atoms with Gasteiger partial charge in [0.2, 0.25) is 5.88 Å². The third kappa shape index (κ3) is 7.12. The van der Waals surface area contributed by atoms with Crippen molar-refractivity contribution in [2.24, 2.45) is 12.0 Å². The number of hydrogen-bond acceptors (Lipinski definition) is 6. The molecule has 0 unspecified atom stereocenters. The Kier molecular flexibility index (Phi) is 10.5. The molecule has 0 bridgehead atoms. The van der Waals surface area contributed by atoms with E-state index in [-0.39, 0.29) is 24.0 Å². The van der Waals surface area contributed by atoms with E-state index in [9.17, 15) is 0 Å². The van der Waals surface area contributed by atoms with Crippen LogP contribution in [0.15, 0.2) is 29.6 Å². The minimum atomic E-state index is 0. The van der Waals surface area contributed by atoms with Crippen LogP contribution < -0.4 is 15.4 Å². The number of halogens is 1. The molecule has 2 rings (SSSR count). The fourth-order valence-corrected chi connectivity index (χ4v) is 2.05. The molecule has 2 aromatic rings. The predicted molar refractivity (Wildman–Crippen MR) is 110 cm³/mol. The maximum absolute atomic E-state index is 5.64. The van der Waals surface area contributed by atoms with Crippen LogP contribution in [-0.4, -0.2) is 52.6 Å². The molecule has 0 aliphatic carbocycles. The van der Waals surface area contributed by atoms with Crippen LogP contribution in [0.4, 0.5) is 0 Å². The summed E-state index contributed by atoms with van der Waals surface area (Å²) in [6.45, 7) is 4.73. The van der Waals surface area contributed by atoms with E-state index in [0.717, 1.165) is 17.9 Å². The van der Waals surface area contributed by atoms with Crippen LogP contribution >= 0.6 is 24.0 Å². The summed E-state index contributed by atoms with van der Waals surface area (Å²) in [6, 6.07) is 3.82. The van der Waals surface area contributed by atoms with Gasteiger partial charge >= 0.3 is 0 Å². The van der Waals surface area contributed by atoms with Crippen LogP contribution in [0.3, 0.4) is 0 Å². The summed E-state index contributed by atoms with van der Waals surface area (Å²) in [7, 11) is 3.49. The largest absolute Gasteiger partial charge is 0.475 e. The second kappa shape index (κ2) is 12.4. The first-order valence-corrected chi connectivity index (χ1v) is 8.15. The van der Waals surface area contributed by atoms with E-state index in [4.69, 9.17) is 9.47 Å². The van der Waals surface area contributed by atoms with Gasteiger partial charge in [-0.05, 0) is 13.0 Å². The molecule has 0 fully saturated rings. The number of aromatic nitrogens is 4. The van der Waals surface area contributed by atoms with Crippen LogP contribution in [-0.2, 0) is 24.9 Å². The Balaban J connectivity index is 0.00000338. The van der Waals surface area contributed by atoms with Gasteiger partial charge in [-0.1, -0.05) is 6.07 Å². The molecule has 2 aromatic heterocycles. The van der Waals surface area contributed by atoms with Crippen molar-refractivity contribution < 1.29 is 9.47 Å². The van der Waals surface area contributed by atoms with Crippen molar-refractivity contribution in [2.45, 2.75) is 20.0 Å². The summed E-state index contributed by atoms with van der Waals surface area (Å²) in [6.07, 6.45) is 3.23. The molecule has 10 heteroatoms. The summed E-state index contributed by atoms with van der Waals surface area (Å²) in [5, 5.41) is 10.5. The van der Waals surface area contributed by atoms with Crippen molar-refractivity contribution in [2.75, 3.05) is 26.9 Å². The summed E-state index contributed by atoms with van der Waals surface area (Å²) in [5.74, 6) is 2.10. The minimum absolute atomic E-state index is 0. The standard InChI is InChI=1S/C16H25N7O2.HI/c1-4-17-16(20-11-14-21-12-22-23(14)2)19-10-13-6-5-7-18-15(13)25-9-8-24-3;/h5-7,12H,4,8-11H2,1-3H3,(H2,17,19,20);1H. The summed E-state index contributed by atoms with van der Waals surface area (Å²) in [4.78, 5) is 13.0. The Hall–Kier alpha value is -1.95. The quantitative estimate of drug-likeness (QED) is 0.243. The molecule has 26 heavy (non-hydrogen) atoms. The Morgan fingerprint density at radius 2 is 2.12 bits per heavy atom. The Morgan fingerprint density at radius 3 is 2.81 bits per heavy atom. The number of aryl methyl sites for hydroxylation is 1. The molecule has 0 saturated heterocycles. The van der Waals surface area contributed by atoms with E-state index >= 15 is 0 Å². The van der Waals surface area contributed by atoms with Gasteiger partial charge in [-0.3, -0.25) is 4.68 Å². The van der Waals surface area contributed by atoms with Gasteiger partial charge in [-0.15, -0.1) is 24.0 Å². The van der Waals surface area contributed by atoms with E-state index in [2.05, 4.69) is 30.7 Å². The number of nitrogens with one attached hydrogen (secondary N) is 2. The zero-order chi connectivity index (χ0) is 17.9. The van der Waals surface area contributed by atoms with Crippen LogP contribution in [0.25, 0.3) is 0 Å². The number of methoxy groups -OCH3 is 1. The normalized spacial score (nSPS) is 11.0. The first-order valence-electron chi connectivity index (χ1n) is 8.15. The molecule has 0 aliphatic rings. The molecule has 0 spiro atoms. The molecule has 0 saturated carbocycles. The first-order chi connectivity index (χ1) is 12.2. The van der Waals surface area contributed by atoms with Crippen molar-refractivity contribution in [3.8, 4) is 5.88 Å². The number of aliphatic imine (C=N–C) groups is 1. The van der Waals surface area contributed by atoms with Crippen molar-refractivity contribution >= 4 is 29.9 Å². The number of rotatable bonds is 9. The second-order valence-corrected chi connectivity index (χ2v) is 5.16. The third-order valence-electron chi connectivity index (χ3n) is 3.35. The summed E-state index contributed by atoms with van der Waals surface area (Å²) < 4.78 is 12.4. The van der Waals surface area contributed by atoms with Gasteiger partial charge in [-0.2, -0.15) is 5.10 Å². The molecule has 2 heterocycles. The van der Waals surface area contributed by atoms with Crippen molar-refractivity contribution in [3.05, 3.63) is 36.0 Å². The highest BCUT2D eigenvalue weighted by Crippen LogP contribution is 2.15. The van der Waals surface area contributed by atoms with Crippen LogP contribution in [0, 0.1) is 0 Å². The Labute approximate surface area is 170 Å². The lowest BCUT2D eigenvalue weighted by molar-refractivity contribution is 0.143. The van der Waals surface area contributed by atoms with Gasteiger partial charge in [0, 0.05) is 32.5 Å². The molecular formula is C16H26IN7O2. The number of hydrogen-bond donors (Lipinski definition) is 2. The Bertz CT molecular complexity index is 678. The molecule has 2 N–H and O–H groups in total. The second-order valence-electron chi connectivity index (χ2n) is 5.16. The number of guanidine groups is 1. The van der Waals surface area contributed by atoms with Gasteiger partial charge in [0.15, 0.2) is 5.96 Å². The average Bonchev–Trinajstić information content (AvgIpc) is 3.03. The number of ether oxygens (including phenoxy) is 2. The number of pyridine rings is 1. The lowest BCUT2D eigenvalue weighted by Crippen LogP contribution is -2.37. The molecule has 0 atom stereocenters. The first kappa shape index (κ1) is 22.1. The smallest absolute Gasteiger partial charge is 0.218 e. The predicted octanol–water partition coefficient (Wildman–Crippen LogP) is 1.11. The molecule has 0 amide bonds. The topological polar surface area (TPSA) is 98.5 Å². The van der Waals surface area contributed by atoms with Gasteiger partial charge < -0.3 is 20.1 Å². The molecule has 9 nitrogen and oxygen atoms in total. The maximum Gasteiger partial charge on any atom is 0.218 e. The van der Waals surface area contributed by atoms with Crippen molar-refractivity contribution in [1.82, 2.24) is 30.4 Å². The Morgan fingerprint density at radius 1 is 1.27 bits per heavy atom. The van der Waals surface area contributed by atoms with Gasteiger partial charge in [0.25, 0.3) is 0 Å². The van der Waals surface area contributed by atoms with Gasteiger partial charge in [0.05, 0.1) is 19.7 Å². The molecule has 0 aliphatic heterocycles. The third-order valence-corrected chi connectivity index (χ3v) is 3.35. The number of nitrogens with zero attached hydrogens (tertiary/aromatic N) is 5. The minimum Gasteiger partial charge on any atom is -0.475 e. The highest BCUT2D eigenvalue weighted by atomic mass is 127. The van der Waals surface area contributed by atoms with Gasteiger partial charge in [-0.25, -0.2) is 15.0 Å². The van der Waals surface area contributed by atoms with Crippen LogP contribution in [0.5, 0.6) is 5.88 Å². The van der Waals surface area contributed by atoms with Crippen molar-refractivity contribution in [1.29, 1.82) is 0 Å². The van der Waals surface area contributed by atoms with E-state index in [1.165, 1.54) is 6.33 Å².